The zero-order valence-electron chi connectivity index (χ0n) is 22.1. The van der Waals surface area contributed by atoms with E-state index in [2.05, 4.69) is 15.6 Å². The minimum absolute atomic E-state index is 0.112. The van der Waals surface area contributed by atoms with Crippen LogP contribution in [0.3, 0.4) is 0 Å². The number of carbonyl (C=O) groups excluding carboxylic acids is 1. The fraction of sp³-hybridized carbons (Fsp3) is 0.345. The van der Waals surface area contributed by atoms with Gasteiger partial charge >= 0.3 is 6.18 Å². The molecule has 0 spiro atoms. The molecule has 1 saturated carbocycles. The van der Waals surface area contributed by atoms with Crippen molar-refractivity contribution in [2.75, 3.05) is 23.4 Å². The highest BCUT2D eigenvalue weighted by Crippen LogP contribution is 2.56. The maximum atomic E-state index is 14.4. The molecule has 12 heteroatoms. The minimum Gasteiger partial charge on any atom is -0.382 e. The van der Waals surface area contributed by atoms with Gasteiger partial charge in [-0.25, -0.2) is 13.9 Å². The number of carbonyl (C=O) groups is 1. The summed E-state index contributed by atoms with van der Waals surface area (Å²) in [6, 6.07) is 13.8. The summed E-state index contributed by atoms with van der Waals surface area (Å²) in [5.41, 5.74) is 4.84. The van der Waals surface area contributed by atoms with Gasteiger partial charge in [0.15, 0.2) is 5.65 Å². The SMILES string of the molecule is Cc1cc(-c2cnc3c(NCCC(F)(F)F)cc(C4(c5cccc(F)c5)SCCS4)nn23)ccc1C(=O)NC1CC1. The molecule has 3 heterocycles. The van der Waals surface area contributed by atoms with E-state index < -0.39 is 16.7 Å². The Kier molecular flexibility index (Phi) is 7.39. The van der Waals surface area contributed by atoms with E-state index in [1.807, 2.05) is 25.1 Å². The normalized spacial score (nSPS) is 16.7. The fourth-order valence-electron chi connectivity index (χ4n) is 4.93. The lowest BCUT2D eigenvalue weighted by atomic mass is 10.0. The van der Waals surface area contributed by atoms with Crippen molar-refractivity contribution in [2.45, 2.75) is 42.5 Å². The lowest BCUT2D eigenvalue weighted by molar-refractivity contribution is -0.131. The Morgan fingerprint density at radius 1 is 1.12 bits per heavy atom. The van der Waals surface area contributed by atoms with Gasteiger partial charge in [-0.3, -0.25) is 4.79 Å². The summed E-state index contributed by atoms with van der Waals surface area (Å²) in [6.07, 6.45) is -1.71. The van der Waals surface area contributed by atoms with E-state index in [9.17, 15) is 22.4 Å². The Bertz CT molecular complexity index is 1610. The number of halogens is 4. The molecule has 2 N–H and O–H groups in total. The van der Waals surface area contributed by atoms with E-state index in [0.717, 1.165) is 41.0 Å². The molecule has 1 amide bonds. The zero-order valence-corrected chi connectivity index (χ0v) is 23.7. The van der Waals surface area contributed by atoms with Crippen molar-refractivity contribution in [2.24, 2.45) is 0 Å². The van der Waals surface area contributed by atoms with E-state index in [1.54, 1.807) is 52.4 Å². The number of aromatic nitrogens is 3. The summed E-state index contributed by atoms with van der Waals surface area (Å²) in [7, 11) is 0. The number of alkyl halides is 3. The van der Waals surface area contributed by atoms with Crippen LogP contribution in [0.4, 0.5) is 23.2 Å². The molecule has 0 bridgehead atoms. The number of amides is 1. The monoisotopic (exact) mass is 601 g/mol. The smallest absolute Gasteiger partial charge is 0.382 e. The Morgan fingerprint density at radius 2 is 1.90 bits per heavy atom. The van der Waals surface area contributed by atoms with Gasteiger partial charge < -0.3 is 10.6 Å². The second-order valence-corrected chi connectivity index (χ2v) is 13.1. The topological polar surface area (TPSA) is 71.3 Å². The Balaban J connectivity index is 1.46. The highest BCUT2D eigenvalue weighted by molar-refractivity contribution is 8.20. The van der Waals surface area contributed by atoms with Crippen LogP contribution < -0.4 is 10.6 Å². The summed E-state index contributed by atoms with van der Waals surface area (Å²) in [5, 5.41) is 10.9. The molecule has 0 unspecified atom stereocenters. The van der Waals surface area contributed by atoms with Crippen molar-refractivity contribution in [3.8, 4) is 11.3 Å². The third-order valence-corrected chi connectivity index (χ3v) is 10.6. The molecular formula is C29H27F4N5OS2. The molecule has 1 aliphatic heterocycles. The van der Waals surface area contributed by atoms with E-state index >= 15 is 0 Å². The number of benzene rings is 2. The summed E-state index contributed by atoms with van der Waals surface area (Å²) >= 11 is 3.24. The summed E-state index contributed by atoms with van der Waals surface area (Å²) in [5.74, 6) is 1.12. The molecule has 2 aromatic carbocycles. The molecule has 1 saturated heterocycles. The highest BCUT2D eigenvalue weighted by Gasteiger charge is 2.42. The minimum atomic E-state index is -4.31. The van der Waals surface area contributed by atoms with Gasteiger partial charge in [0.05, 0.1) is 29.7 Å². The maximum Gasteiger partial charge on any atom is 0.390 e. The second-order valence-electron chi connectivity index (χ2n) is 10.2. The van der Waals surface area contributed by atoms with Gasteiger partial charge in [0.1, 0.15) is 9.90 Å². The first-order valence-electron chi connectivity index (χ1n) is 13.3. The number of fused-ring (bicyclic) bond motifs is 1. The number of hydrogen-bond acceptors (Lipinski definition) is 6. The molecule has 6 rings (SSSR count). The molecule has 0 radical (unpaired) electrons. The first kappa shape index (κ1) is 27.9. The van der Waals surface area contributed by atoms with Gasteiger partial charge in [-0.15, -0.1) is 23.5 Å². The van der Waals surface area contributed by atoms with E-state index in [0.29, 0.717) is 28.3 Å². The average molecular weight is 602 g/mol. The van der Waals surface area contributed by atoms with Crippen LogP contribution >= 0.6 is 23.5 Å². The van der Waals surface area contributed by atoms with Crippen LogP contribution in [-0.2, 0) is 4.08 Å². The van der Waals surface area contributed by atoms with Crippen LogP contribution in [0.25, 0.3) is 16.9 Å². The summed E-state index contributed by atoms with van der Waals surface area (Å²) < 4.78 is 54.2. The third kappa shape index (κ3) is 5.76. The van der Waals surface area contributed by atoms with Crippen LogP contribution in [0.1, 0.15) is 46.4 Å². The molecular weight excluding hydrogens is 574 g/mol. The number of anilines is 1. The number of rotatable bonds is 8. The highest BCUT2D eigenvalue weighted by atomic mass is 32.2. The van der Waals surface area contributed by atoms with Crippen LogP contribution in [0, 0.1) is 12.7 Å². The van der Waals surface area contributed by atoms with Gasteiger partial charge in [-0.05, 0) is 61.2 Å². The maximum absolute atomic E-state index is 14.4. The van der Waals surface area contributed by atoms with Crippen molar-refractivity contribution in [3.63, 3.8) is 0 Å². The van der Waals surface area contributed by atoms with Crippen molar-refractivity contribution in [1.29, 1.82) is 0 Å². The van der Waals surface area contributed by atoms with Gasteiger partial charge in [-0.1, -0.05) is 18.2 Å². The number of nitrogens with one attached hydrogen (secondary N) is 2. The third-order valence-electron chi connectivity index (χ3n) is 7.11. The number of thioether (sulfide) groups is 2. The lowest BCUT2D eigenvalue weighted by Gasteiger charge is -2.28. The van der Waals surface area contributed by atoms with Gasteiger partial charge in [0.25, 0.3) is 5.91 Å². The molecule has 214 valence electrons. The Labute approximate surface area is 242 Å². The van der Waals surface area contributed by atoms with E-state index in [4.69, 9.17) is 5.10 Å². The molecule has 4 aromatic rings. The van der Waals surface area contributed by atoms with E-state index in [1.165, 1.54) is 12.1 Å². The van der Waals surface area contributed by atoms with Gasteiger partial charge in [-0.2, -0.15) is 18.3 Å². The molecule has 0 atom stereocenters. The Hall–Kier alpha value is -3.25. The predicted molar refractivity (Wildman–Crippen MR) is 155 cm³/mol. The first-order chi connectivity index (χ1) is 19.6. The van der Waals surface area contributed by atoms with Gasteiger partial charge in [0.2, 0.25) is 0 Å². The quantitative estimate of drug-likeness (QED) is 0.217. The molecule has 6 nitrogen and oxygen atoms in total. The predicted octanol–water partition coefficient (Wildman–Crippen LogP) is 6.78. The molecule has 2 fully saturated rings. The summed E-state index contributed by atoms with van der Waals surface area (Å²) in [6.45, 7) is 1.53. The van der Waals surface area contributed by atoms with Crippen molar-refractivity contribution < 1.29 is 22.4 Å². The van der Waals surface area contributed by atoms with Crippen molar-refractivity contribution in [1.82, 2.24) is 19.9 Å². The fourth-order valence-corrected chi connectivity index (χ4v) is 8.09. The molecule has 41 heavy (non-hydrogen) atoms. The summed E-state index contributed by atoms with van der Waals surface area (Å²) in [4.78, 5) is 17.2. The number of hydrogen-bond donors (Lipinski definition) is 2. The van der Waals surface area contributed by atoms with Crippen LogP contribution in [0.2, 0.25) is 0 Å². The average Bonchev–Trinajstić information content (AvgIpc) is 3.41. The lowest BCUT2D eigenvalue weighted by Crippen LogP contribution is -2.26. The largest absolute Gasteiger partial charge is 0.390 e. The first-order valence-corrected chi connectivity index (χ1v) is 15.3. The standard InChI is InChI=1S/C29H27F4N5OS2/c1-17-13-18(5-8-22(17)27(39)36-21-6-7-21)24-16-35-26-23(34-10-9-28(31,32)33)15-25(37-38(24)26)29(40-11-12-41-29)19-3-2-4-20(30)14-19/h2-5,8,13-16,21,34H,6-7,9-12H2,1H3,(H,36,39). The number of nitrogens with zero attached hydrogens (tertiary/aromatic N) is 3. The van der Waals surface area contributed by atoms with Crippen LogP contribution in [-0.4, -0.2) is 50.8 Å². The number of aryl methyl sites for hydroxylation is 1. The number of imidazole rings is 1. The van der Waals surface area contributed by atoms with Crippen molar-refractivity contribution >= 4 is 40.8 Å². The van der Waals surface area contributed by atoms with E-state index in [-0.39, 0.29) is 24.3 Å². The zero-order chi connectivity index (χ0) is 28.8. The second kappa shape index (κ2) is 10.9. The Morgan fingerprint density at radius 3 is 2.59 bits per heavy atom. The molecule has 2 aliphatic rings. The molecule has 1 aliphatic carbocycles. The molecule has 2 aromatic heterocycles. The van der Waals surface area contributed by atoms with Crippen LogP contribution in [0.15, 0.2) is 54.7 Å². The van der Waals surface area contributed by atoms with Crippen LogP contribution in [0.5, 0.6) is 0 Å². The van der Waals surface area contributed by atoms with Crippen molar-refractivity contribution in [3.05, 3.63) is 82.9 Å². The van der Waals surface area contributed by atoms with Gasteiger partial charge in [0, 0.05) is 35.2 Å².